The van der Waals surface area contributed by atoms with Crippen LogP contribution in [-0.4, -0.2) is 45.8 Å². The highest BCUT2D eigenvalue weighted by Crippen LogP contribution is 2.28. The molecule has 0 aromatic heterocycles. The first-order valence-corrected chi connectivity index (χ1v) is 10.5. The lowest BCUT2D eigenvalue weighted by atomic mass is 10.1. The fraction of sp³-hybridized carbons (Fsp3) is 0.308. The Bertz CT molecular complexity index is 845. The summed E-state index contributed by atoms with van der Waals surface area (Å²) in [5.74, 6) is 1.57. The Labute approximate surface area is 180 Å². The summed E-state index contributed by atoms with van der Waals surface area (Å²) in [5.41, 5.74) is 3.73. The van der Waals surface area contributed by atoms with E-state index >= 15 is 0 Å². The Balaban J connectivity index is 1.53. The summed E-state index contributed by atoms with van der Waals surface area (Å²) in [5, 5.41) is 0. The van der Waals surface area contributed by atoms with Crippen molar-refractivity contribution in [1.29, 1.82) is 0 Å². The smallest absolute Gasteiger partial charge is 0.160 e. The van der Waals surface area contributed by atoms with E-state index < -0.39 is 0 Å². The topological polar surface area (TPSA) is 24.9 Å². The average Bonchev–Trinajstić information content (AvgIpc) is 2.81. The SMILES string of the molecule is COc1ccc(CCN(C)CCCN(c2ccccc2)c2ccccc2)cc1OC. The molecule has 0 aliphatic heterocycles. The van der Waals surface area contributed by atoms with Gasteiger partial charge in [0, 0.05) is 24.5 Å². The van der Waals surface area contributed by atoms with Crippen molar-refractivity contribution in [2.45, 2.75) is 12.8 Å². The minimum atomic E-state index is 0.775. The molecule has 0 aliphatic rings. The Kier molecular flexibility index (Phi) is 8.16. The molecule has 3 rings (SSSR count). The molecular formula is C26H32N2O2. The lowest BCUT2D eigenvalue weighted by molar-refractivity contribution is 0.334. The molecular weight excluding hydrogens is 372 g/mol. The maximum Gasteiger partial charge on any atom is 0.160 e. The number of para-hydroxylation sites is 2. The summed E-state index contributed by atoms with van der Waals surface area (Å²) in [6, 6.07) is 27.4. The first-order valence-electron chi connectivity index (χ1n) is 10.5. The number of rotatable bonds is 11. The van der Waals surface area contributed by atoms with Crippen LogP contribution >= 0.6 is 0 Å². The van der Waals surface area contributed by atoms with Gasteiger partial charge in [-0.25, -0.2) is 0 Å². The van der Waals surface area contributed by atoms with Crippen molar-refractivity contribution in [2.75, 3.05) is 45.8 Å². The molecule has 0 atom stereocenters. The summed E-state index contributed by atoms with van der Waals surface area (Å²) in [6.07, 6.45) is 2.07. The highest BCUT2D eigenvalue weighted by atomic mass is 16.5. The number of likely N-dealkylation sites (N-methyl/N-ethyl adjacent to an activating group) is 1. The highest BCUT2D eigenvalue weighted by Gasteiger charge is 2.10. The van der Waals surface area contributed by atoms with Gasteiger partial charge in [-0.1, -0.05) is 42.5 Å². The maximum absolute atomic E-state index is 5.41. The van der Waals surface area contributed by atoms with E-state index in [1.165, 1.54) is 16.9 Å². The van der Waals surface area contributed by atoms with Gasteiger partial charge in [0.2, 0.25) is 0 Å². The van der Waals surface area contributed by atoms with Crippen LogP contribution < -0.4 is 14.4 Å². The molecule has 0 bridgehead atoms. The lowest BCUT2D eigenvalue weighted by Gasteiger charge is -2.26. The van der Waals surface area contributed by atoms with Crippen LogP contribution in [0.25, 0.3) is 0 Å². The number of nitrogens with zero attached hydrogens (tertiary/aromatic N) is 2. The Morgan fingerprint density at radius 3 is 1.83 bits per heavy atom. The summed E-state index contributed by atoms with van der Waals surface area (Å²) in [6.45, 7) is 3.03. The predicted molar refractivity (Wildman–Crippen MR) is 125 cm³/mol. The molecule has 3 aromatic rings. The van der Waals surface area contributed by atoms with E-state index in [2.05, 4.69) is 89.6 Å². The van der Waals surface area contributed by atoms with Crippen molar-refractivity contribution in [2.24, 2.45) is 0 Å². The zero-order valence-electron chi connectivity index (χ0n) is 18.3. The van der Waals surface area contributed by atoms with Gasteiger partial charge in [0.1, 0.15) is 0 Å². The fourth-order valence-corrected chi connectivity index (χ4v) is 3.59. The zero-order valence-corrected chi connectivity index (χ0v) is 18.3. The van der Waals surface area contributed by atoms with Gasteiger partial charge >= 0.3 is 0 Å². The predicted octanol–water partition coefficient (Wildman–Crippen LogP) is 5.41. The summed E-state index contributed by atoms with van der Waals surface area (Å²) >= 11 is 0. The Hall–Kier alpha value is -2.98. The number of benzene rings is 3. The molecule has 0 amide bonds. The van der Waals surface area contributed by atoms with Crippen LogP contribution in [0.5, 0.6) is 11.5 Å². The van der Waals surface area contributed by atoms with Gasteiger partial charge in [-0.3, -0.25) is 0 Å². The van der Waals surface area contributed by atoms with Crippen molar-refractivity contribution in [1.82, 2.24) is 4.90 Å². The molecule has 0 heterocycles. The molecule has 0 N–H and O–H groups in total. The van der Waals surface area contributed by atoms with Crippen molar-refractivity contribution >= 4 is 11.4 Å². The van der Waals surface area contributed by atoms with Gasteiger partial charge in [-0.2, -0.15) is 0 Å². The van der Waals surface area contributed by atoms with E-state index in [0.29, 0.717) is 0 Å². The zero-order chi connectivity index (χ0) is 21.2. The van der Waals surface area contributed by atoms with Crippen LogP contribution in [0.2, 0.25) is 0 Å². The summed E-state index contributed by atoms with van der Waals surface area (Å²) in [4.78, 5) is 4.78. The van der Waals surface area contributed by atoms with Crippen molar-refractivity contribution < 1.29 is 9.47 Å². The highest BCUT2D eigenvalue weighted by molar-refractivity contribution is 5.62. The standard InChI is InChI=1S/C26H32N2O2/c1-27(20-17-22-15-16-25(29-2)26(21-22)30-3)18-10-19-28(23-11-6-4-7-12-23)24-13-8-5-9-14-24/h4-9,11-16,21H,10,17-20H2,1-3H3. The van der Waals surface area contributed by atoms with Crippen LogP contribution in [-0.2, 0) is 6.42 Å². The first-order chi connectivity index (χ1) is 14.7. The second-order valence-electron chi connectivity index (χ2n) is 7.42. The van der Waals surface area contributed by atoms with E-state index in [-0.39, 0.29) is 0 Å². The van der Waals surface area contributed by atoms with Gasteiger partial charge in [-0.05, 0) is 68.4 Å². The van der Waals surface area contributed by atoms with Crippen LogP contribution in [0, 0.1) is 0 Å². The van der Waals surface area contributed by atoms with Crippen LogP contribution in [0.15, 0.2) is 78.9 Å². The van der Waals surface area contributed by atoms with Gasteiger partial charge < -0.3 is 19.3 Å². The number of methoxy groups -OCH3 is 2. The normalized spacial score (nSPS) is 10.8. The van der Waals surface area contributed by atoms with Gasteiger partial charge in [0.05, 0.1) is 14.2 Å². The molecule has 4 nitrogen and oxygen atoms in total. The number of hydrogen-bond donors (Lipinski definition) is 0. The molecule has 0 aliphatic carbocycles. The monoisotopic (exact) mass is 404 g/mol. The average molecular weight is 405 g/mol. The number of ether oxygens (including phenoxy) is 2. The van der Waals surface area contributed by atoms with E-state index in [1.54, 1.807) is 14.2 Å². The summed E-state index contributed by atoms with van der Waals surface area (Å²) < 4.78 is 10.7. The Morgan fingerprint density at radius 1 is 0.667 bits per heavy atom. The van der Waals surface area contributed by atoms with Crippen molar-refractivity contribution in [3.8, 4) is 11.5 Å². The lowest BCUT2D eigenvalue weighted by Crippen LogP contribution is -2.26. The molecule has 158 valence electrons. The molecule has 3 aromatic carbocycles. The molecule has 0 saturated heterocycles. The Morgan fingerprint density at radius 2 is 1.27 bits per heavy atom. The fourth-order valence-electron chi connectivity index (χ4n) is 3.59. The molecule has 0 spiro atoms. The third-order valence-electron chi connectivity index (χ3n) is 5.29. The molecule has 0 saturated carbocycles. The van der Waals surface area contributed by atoms with Gasteiger partial charge in [0.25, 0.3) is 0 Å². The van der Waals surface area contributed by atoms with E-state index in [9.17, 15) is 0 Å². The third-order valence-corrected chi connectivity index (χ3v) is 5.29. The van der Waals surface area contributed by atoms with E-state index in [1.807, 2.05) is 6.07 Å². The van der Waals surface area contributed by atoms with Gasteiger partial charge in [-0.15, -0.1) is 0 Å². The molecule has 4 heteroatoms. The molecule has 0 radical (unpaired) electrons. The largest absolute Gasteiger partial charge is 0.493 e. The van der Waals surface area contributed by atoms with E-state index in [4.69, 9.17) is 9.47 Å². The molecule has 30 heavy (non-hydrogen) atoms. The number of anilines is 2. The molecule has 0 unspecified atom stereocenters. The molecule has 0 fully saturated rings. The van der Waals surface area contributed by atoms with Gasteiger partial charge in [0.15, 0.2) is 11.5 Å². The van der Waals surface area contributed by atoms with Crippen LogP contribution in [0.4, 0.5) is 11.4 Å². The van der Waals surface area contributed by atoms with Crippen molar-refractivity contribution in [3.63, 3.8) is 0 Å². The number of hydrogen-bond acceptors (Lipinski definition) is 4. The quantitative estimate of drug-likeness (QED) is 0.427. The van der Waals surface area contributed by atoms with Crippen LogP contribution in [0.1, 0.15) is 12.0 Å². The van der Waals surface area contributed by atoms with E-state index in [0.717, 1.165) is 44.0 Å². The summed E-state index contributed by atoms with van der Waals surface area (Å²) in [7, 11) is 5.54. The second kappa shape index (κ2) is 11.3. The minimum Gasteiger partial charge on any atom is -0.493 e. The minimum absolute atomic E-state index is 0.775. The third kappa shape index (κ3) is 6.01. The second-order valence-corrected chi connectivity index (χ2v) is 7.42. The maximum atomic E-state index is 5.41. The van der Waals surface area contributed by atoms with Crippen molar-refractivity contribution in [3.05, 3.63) is 84.4 Å². The first kappa shape index (κ1) is 21.7. The van der Waals surface area contributed by atoms with Crippen LogP contribution in [0.3, 0.4) is 0 Å².